The lowest BCUT2D eigenvalue weighted by atomic mass is 10.0. The van der Waals surface area contributed by atoms with Crippen LogP contribution in [-0.4, -0.2) is 38.4 Å². The number of carbonyl (C=O) groups is 2. The molecule has 0 fully saturated rings. The van der Waals surface area contributed by atoms with Gasteiger partial charge >= 0.3 is 11.9 Å². The van der Waals surface area contributed by atoms with Crippen molar-refractivity contribution in [2.75, 3.05) is 26.4 Å². The van der Waals surface area contributed by atoms with Crippen LogP contribution in [0.25, 0.3) is 0 Å². The van der Waals surface area contributed by atoms with Gasteiger partial charge in [0, 0.05) is 11.1 Å². The molecular formula is C24H26O6. The minimum absolute atomic E-state index is 0.251. The smallest absolute Gasteiger partial charge is 0.317 e. The molecule has 2 aromatic rings. The molecule has 158 valence electrons. The van der Waals surface area contributed by atoms with Gasteiger partial charge in [-0.3, -0.25) is 9.59 Å². The summed E-state index contributed by atoms with van der Waals surface area (Å²) in [6.45, 7) is 3.41. The maximum Gasteiger partial charge on any atom is 0.317 e. The summed E-state index contributed by atoms with van der Waals surface area (Å²) in [7, 11) is 0. The van der Waals surface area contributed by atoms with Gasteiger partial charge in [-0.2, -0.15) is 0 Å². The molecule has 2 unspecified atom stereocenters. The Kier molecular flexibility index (Phi) is 6.21. The molecule has 2 aromatic carbocycles. The van der Waals surface area contributed by atoms with Crippen LogP contribution in [0.15, 0.2) is 48.5 Å². The van der Waals surface area contributed by atoms with Crippen molar-refractivity contribution in [3.8, 4) is 11.5 Å². The number of para-hydroxylation sites is 2. The third-order valence-corrected chi connectivity index (χ3v) is 5.68. The molecule has 0 saturated heterocycles. The number of fused-ring (bicyclic) bond motifs is 2. The number of rotatable bonds is 8. The van der Waals surface area contributed by atoms with Crippen molar-refractivity contribution in [1.82, 2.24) is 0 Å². The van der Waals surface area contributed by atoms with E-state index in [2.05, 4.69) is 6.92 Å². The first kappa shape index (κ1) is 20.3. The van der Waals surface area contributed by atoms with Gasteiger partial charge in [0.1, 0.15) is 36.5 Å². The summed E-state index contributed by atoms with van der Waals surface area (Å²) in [5.74, 6) is 0.569. The molecule has 4 rings (SSSR count). The summed E-state index contributed by atoms with van der Waals surface area (Å²) in [4.78, 5) is 24.7. The van der Waals surface area contributed by atoms with Crippen LogP contribution in [0.3, 0.4) is 0 Å². The highest BCUT2D eigenvalue weighted by atomic mass is 16.5. The van der Waals surface area contributed by atoms with Crippen molar-refractivity contribution in [1.29, 1.82) is 0 Å². The van der Waals surface area contributed by atoms with Crippen LogP contribution in [0.2, 0.25) is 0 Å². The summed E-state index contributed by atoms with van der Waals surface area (Å²) in [6.07, 6.45) is 1.43. The number of carbonyl (C=O) groups excluding carboxylic acids is 2. The van der Waals surface area contributed by atoms with E-state index in [1.165, 1.54) is 0 Å². The SMILES string of the molecule is CC(CCOC(=O)C1COc2ccccc21)CCOC(=O)C1COc2ccccc21. The van der Waals surface area contributed by atoms with Crippen LogP contribution in [-0.2, 0) is 19.1 Å². The van der Waals surface area contributed by atoms with Crippen molar-refractivity contribution in [3.05, 3.63) is 59.7 Å². The Balaban J connectivity index is 1.14. The van der Waals surface area contributed by atoms with Crippen LogP contribution in [0.4, 0.5) is 0 Å². The summed E-state index contributed by atoms with van der Waals surface area (Å²) in [6, 6.07) is 15.1. The van der Waals surface area contributed by atoms with E-state index in [0.29, 0.717) is 39.3 Å². The average molecular weight is 410 g/mol. The predicted octanol–water partition coefficient (Wildman–Crippen LogP) is 3.84. The molecule has 2 heterocycles. The molecule has 2 aliphatic heterocycles. The first-order valence-electron chi connectivity index (χ1n) is 10.4. The van der Waals surface area contributed by atoms with Gasteiger partial charge < -0.3 is 18.9 Å². The third-order valence-electron chi connectivity index (χ3n) is 5.68. The molecule has 6 heteroatoms. The topological polar surface area (TPSA) is 71.1 Å². The molecule has 0 amide bonds. The normalized spacial score (nSPS) is 19.8. The molecule has 30 heavy (non-hydrogen) atoms. The number of hydrogen-bond acceptors (Lipinski definition) is 6. The van der Waals surface area contributed by atoms with Crippen LogP contribution in [0.1, 0.15) is 42.7 Å². The number of benzene rings is 2. The molecule has 0 aliphatic carbocycles. The summed E-state index contributed by atoms with van der Waals surface area (Å²) < 4.78 is 22.0. The number of hydrogen-bond donors (Lipinski definition) is 0. The lowest BCUT2D eigenvalue weighted by molar-refractivity contribution is -0.146. The molecular weight excluding hydrogens is 384 g/mol. The third kappa shape index (κ3) is 4.42. The van der Waals surface area contributed by atoms with Crippen molar-refractivity contribution in [2.45, 2.75) is 31.6 Å². The van der Waals surface area contributed by atoms with Crippen LogP contribution in [0.5, 0.6) is 11.5 Å². The van der Waals surface area contributed by atoms with Gasteiger partial charge in [0.25, 0.3) is 0 Å². The Labute approximate surface area is 176 Å². The maximum absolute atomic E-state index is 12.4. The predicted molar refractivity (Wildman–Crippen MR) is 110 cm³/mol. The highest BCUT2D eigenvalue weighted by molar-refractivity contribution is 5.81. The summed E-state index contributed by atoms with van der Waals surface area (Å²) in [5.41, 5.74) is 1.78. The maximum atomic E-state index is 12.4. The van der Waals surface area contributed by atoms with E-state index in [1.807, 2.05) is 48.5 Å². The number of ether oxygens (including phenoxy) is 4. The van der Waals surface area contributed by atoms with E-state index in [0.717, 1.165) is 22.6 Å². The molecule has 0 N–H and O–H groups in total. The van der Waals surface area contributed by atoms with E-state index in [-0.39, 0.29) is 29.7 Å². The van der Waals surface area contributed by atoms with Crippen molar-refractivity contribution in [3.63, 3.8) is 0 Å². The molecule has 0 spiro atoms. The first-order valence-corrected chi connectivity index (χ1v) is 10.4. The summed E-state index contributed by atoms with van der Waals surface area (Å²) in [5, 5.41) is 0. The quantitative estimate of drug-likeness (QED) is 0.616. The monoisotopic (exact) mass is 410 g/mol. The van der Waals surface area contributed by atoms with Gasteiger partial charge in [-0.25, -0.2) is 0 Å². The fourth-order valence-corrected chi connectivity index (χ4v) is 3.78. The molecule has 2 aliphatic rings. The Morgan fingerprint density at radius 2 is 1.27 bits per heavy atom. The average Bonchev–Trinajstić information content (AvgIpc) is 3.38. The largest absolute Gasteiger partial charge is 0.492 e. The Hall–Kier alpha value is -3.02. The molecule has 0 aromatic heterocycles. The van der Waals surface area contributed by atoms with Crippen molar-refractivity contribution >= 4 is 11.9 Å². The zero-order valence-electron chi connectivity index (χ0n) is 17.0. The van der Waals surface area contributed by atoms with Gasteiger partial charge in [-0.1, -0.05) is 43.3 Å². The zero-order valence-corrected chi connectivity index (χ0v) is 17.0. The van der Waals surface area contributed by atoms with E-state index < -0.39 is 0 Å². The van der Waals surface area contributed by atoms with E-state index in [9.17, 15) is 9.59 Å². The second kappa shape index (κ2) is 9.20. The van der Waals surface area contributed by atoms with Crippen LogP contribution >= 0.6 is 0 Å². The van der Waals surface area contributed by atoms with Gasteiger partial charge in [0.05, 0.1) is 13.2 Å². The van der Waals surface area contributed by atoms with E-state index >= 15 is 0 Å². The zero-order chi connectivity index (χ0) is 20.9. The lowest BCUT2D eigenvalue weighted by Gasteiger charge is -2.14. The fraction of sp³-hybridized carbons (Fsp3) is 0.417. The van der Waals surface area contributed by atoms with E-state index in [4.69, 9.17) is 18.9 Å². The fourth-order valence-electron chi connectivity index (χ4n) is 3.78. The minimum Gasteiger partial charge on any atom is -0.492 e. The van der Waals surface area contributed by atoms with Gasteiger partial charge in [-0.05, 0) is 30.9 Å². The Bertz CT molecular complexity index is 835. The Morgan fingerprint density at radius 1 is 0.833 bits per heavy atom. The number of esters is 2. The van der Waals surface area contributed by atoms with Gasteiger partial charge in [0.2, 0.25) is 0 Å². The van der Waals surface area contributed by atoms with E-state index in [1.54, 1.807) is 0 Å². The second-order valence-corrected chi connectivity index (χ2v) is 7.82. The van der Waals surface area contributed by atoms with Crippen molar-refractivity contribution in [2.24, 2.45) is 5.92 Å². The standard InChI is InChI=1S/C24H26O6/c1-16(10-12-27-23(25)19-14-29-21-8-4-2-6-17(19)21)11-13-28-24(26)20-15-30-22-9-5-3-7-18(20)22/h2-9,16,19-20H,10-15H2,1H3. The highest BCUT2D eigenvalue weighted by Crippen LogP contribution is 2.35. The minimum atomic E-state index is -0.353. The molecule has 6 nitrogen and oxygen atoms in total. The molecule has 0 radical (unpaired) electrons. The van der Waals surface area contributed by atoms with Crippen LogP contribution in [0, 0.1) is 5.92 Å². The van der Waals surface area contributed by atoms with Crippen molar-refractivity contribution < 1.29 is 28.5 Å². The molecule has 0 saturated carbocycles. The summed E-state index contributed by atoms with van der Waals surface area (Å²) >= 11 is 0. The second-order valence-electron chi connectivity index (χ2n) is 7.82. The van der Waals surface area contributed by atoms with Gasteiger partial charge in [-0.15, -0.1) is 0 Å². The first-order chi connectivity index (χ1) is 14.6. The molecule has 2 atom stereocenters. The molecule has 0 bridgehead atoms. The van der Waals surface area contributed by atoms with Gasteiger partial charge in [0.15, 0.2) is 0 Å². The Morgan fingerprint density at radius 3 is 1.73 bits per heavy atom. The lowest BCUT2D eigenvalue weighted by Crippen LogP contribution is -2.20. The van der Waals surface area contributed by atoms with Crippen LogP contribution < -0.4 is 9.47 Å². The highest BCUT2D eigenvalue weighted by Gasteiger charge is 2.32.